The van der Waals surface area contributed by atoms with Gasteiger partial charge in [0.15, 0.2) is 0 Å². The van der Waals surface area contributed by atoms with Crippen molar-refractivity contribution in [2.75, 3.05) is 11.0 Å². The number of pyridine rings is 1. The van der Waals surface area contributed by atoms with Crippen molar-refractivity contribution in [2.24, 2.45) is 0 Å². The normalized spacial score (nSPS) is 11.9. The van der Waals surface area contributed by atoms with Crippen molar-refractivity contribution < 1.29 is 23.1 Å². The predicted octanol–water partition coefficient (Wildman–Crippen LogP) is 6.87. The van der Waals surface area contributed by atoms with Gasteiger partial charge in [-0.15, -0.1) is 0 Å². The summed E-state index contributed by atoms with van der Waals surface area (Å²) >= 11 is 0. The third-order valence-corrected chi connectivity index (χ3v) is 6.77. The number of ether oxygens (including phenoxy) is 1. The minimum absolute atomic E-state index is 0.0130. The van der Waals surface area contributed by atoms with Crippen LogP contribution in [0, 0.1) is 0 Å². The average molecular weight is 557 g/mol. The van der Waals surface area contributed by atoms with Gasteiger partial charge in [0.1, 0.15) is 6.61 Å². The number of rotatable bonds is 9. The second-order valence-electron chi connectivity index (χ2n) is 10.5. The summed E-state index contributed by atoms with van der Waals surface area (Å²) in [4.78, 5) is 16.4. The van der Waals surface area contributed by atoms with E-state index in [-0.39, 0.29) is 16.7 Å². The summed E-state index contributed by atoms with van der Waals surface area (Å²) in [7, 11) is -3.54. The summed E-state index contributed by atoms with van der Waals surface area (Å²) in [6, 6.07) is 24.4. The second kappa shape index (κ2) is 11.8. The molecule has 0 saturated heterocycles. The molecule has 0 aliphatic rings. The number of carbonyl (C=O) groups is 1. The van der Waals surface area contributed by atoms with E-state index >= 15 is 0 Å². The highest BCUT2D eigenvalue weighted by Crippen LogP contribution is 2.34. The van der Waals surface area contributed by atoms with Gasteiger partial charge in [0.25, 0.3) is 0 Å². The van der Waals surface area contributed by atoms with Crippen molar-refractivity contribution in [1.29, 1.82) is 0 Å². The summed E-state index contributed by atoms with van der Waals surface area (Å²) in [6.45, 7) is 6.78. The van der Waals surface area contributed by atoms with Gasteiger partial charge in [0.05, 0.1) is 11.8 Å². The molecule has 0 radical (unpaired) electrons. The smallest absolute Gasteiger partial charge is 0.336 e. The molecular formula is C32H32N2O5S. The fourth-order valence-electron chi connectivity index (χ4n) is 4.14. The van der Waals surface area contributed by atoms with Crippen LogP contribution in [0.15, 0.2) is 85.1 Å². The Hall–Kier alpha value is -4.43. The van der Waals surface area contributed by atoms with Crippen molar-refractivity contribution in [1.82, 2.24) is 4.98 Å². The maximum Gasteiger partial charge on any atom is 0.336 e. The largest absolute Gasteiger partial charge is 0.478 e. The standard InChI is InChI=1S/C32H32N2O5S/c1-32(2,3)26-18-23(12-13-24-14-15-27(34-40(4,37)38)20-29(24)31(35)36)17-25(19-26)28-11-8-16-33-30(28)39-21-22-9-6-5-7-10-22/h5-20,34H,21H2,1-4H3,(H,35,36). The first-order valence-corrected chi connectivity index (χ1v) is 14.6. The number of aromatic carboxylic acids is 1. The van der Waals surface area contributed by atoms with Crippen LogP contribution < -0.4 is 9.46 Å². The molecular weight excluding hydrogens is 524 g/mol. The van der Waals surface area contributed by atoms with Crippen LogP contribution in [0.25, 0.3) is 23.3 Å². The first-order chi connectivity index (χ1) is 18.9. The summed E-state index contributed by atoms with van der Waals surface area (Å²) in [5.41, 5.74) is 5.24. The highest BCUT2D eigenvalue weighted by molar-refractivity contribution is 7.92. The molecule has 2 N–H and O–H groups in total. The van der Waals surface area contributed by atoms with Crippen LogP contribution in [0.4, 0.5) is 5.69 Å². The van der Waals surface area contributed by atoms with Gasteiger partial charge in [-0.1, -0.05) is 81.5 Å². The molecule has 7 nitrogen and oxygen atoms in total. The van der Waals surface area contributed by atoms with E-state index in [4.69, 9.17) is 4.74 Å². The molecule has 4 rings (SSSR count). The highest BCUT2D eigenvalue weighted by Gasteiger charge is 2.18. The van der Waals surface area contributed by atoms with E-state index in [0.29, 0.717) is 18.1 Å². The maximum absolute atomic E-state index is 11.9. The zero-order valence-corrected chi connectivity index (χ0v) is 23.7. The Morgan fingerprint density at radius 2 is 1.73 bits per heavy atom. The molecule has 4 aromatic rings. The van der Waals surface area contributed by atoms with Gasteiger partial charge < -0.3 is 9.84 Å². The Kier molecular flexibility index (Phi) is 8.40. The molecule has 0 spiro atoms. The first kappa shape index (κ1) is 28.6. The SMILES string of the molecule is CC(C)(C)c1cc(C=Cc2ccc(NS(C)(=O)=O)cc2C(=O)O)cc(-c2cccnc2OCc2ccccc2)c1. The van der Waals surface area contributed by atoms with E-state index in [1.54, 1.807) is 18.3 Å². The fraction of sp³-hybridized carbons (Fsp3) is 0.188. The number of nitrogens with one attached hydrogen (secondary N) is 1. The molecule has 0 bridgehead atoms. The molecule has 0 aliphatic heterocycles. The summed E-state index contributed by atoms with van der Waals surface area (Å²) in [5.74, 6) is -0.633. The predicted molar refractivity (Wildman–Crippen MR) is 160 cm³/mol. The number of benzene rings is 3. The van der Waals surface area contributed by atoms with Crippen LogP contribution in [0.5, 0.6) is 5.88 Å². The zero-order chi connectivity index (χ0) is 28.9. The van der Waals surface area contributed by atoms with E-state index in [2.05, 4.69) is 42.6 Å². The van der Waals surface area contributed by atoms with Gasteiger partial charge in [-0.25, -0.2) is 18.2 Å². The third kappa shape index (κ3) is 7.57. The van der Waals surface area contributed by atoms with Crippen LogP contribution in [0.3, 0.4) is 0 Å². The van der Waals surface area contributed by atoms with Gasteiger partial charge in [-0.2, -0.15) is 0 Å². The Morgan fingerprint density at radius 1 is 0.975 bits per heavy atom. The lowest BCUT2D eigenvalue weighted by Gasteiger charge is -2.21. The first-order valence-electron chi connectivity index (χ1n) is 12.7. The van der Waals surface area contributed by atoms with E-state index in [9.17, 15) is 18.3 Å². The fourth-order valence-corrected chi connectivity index (χ4v) is 4.69. The molecule has 0 aliphatic carbocycles. The van der Waals surface area contributed by atoms with Crippen molar-refractivity contribution in [2.45, 2.75) is 32.8 Å². The third-order valence-electron chi connectivity index (χ3n) is 6.16. The van der Waals surface area contributed by atoms with E-state index < -0.39 is 16.0 Å². The number of nitrogens with zero attached hydrogens (tertiary/aromatic N) is 1. The average Bonchev–Trinajstić information content (AvgIpc) is 2.90. The van der Waals surface area contributed by atoms with E-state index in [0.717, 1.165) is 34.1 Å². The quantitative estimate of drug-likeness (QED) is 0.218. The summed E-state index contributed by atoms with van der Waals surface area (Å²) < 4.78 is 31.6. The number of carboxylic acid groups (broad SMARTS) is 1. The minimum Gasteiger partial charge on any atom is -0.478 e. The van der Waals surface area contributed by atoms with Crippen LogP contribution in [0.1, 0.15) is 53.4 Å². The van der Waals surface area contributed by atoms with Gasteiger partial charge in [0, 0.05) is 17.4 Å². The Labute approximate surface area is 235 Å². The lowest BCUT2D eigenvalue weighted by molar-refractivity contribution is 0.0696. The number of anilines is 1. The number of aromatic nitrogens is 1. The van der Waals surface area contributed by atoms with Gasteiger partial charge >= 0.3 is 5.97 Å². The Morgan fingerprint density at radius 3 is 2.40 bits per heavy atom. The maximum atomic E-state index is 11.9. The van der Waals surface area contributed by atoms with Crippen LogP contribution in [-0.2, 0) is 22.0 Å². The molecule has 1 aromatic heterocycles. The van der Waals surface area contributed by atoms with Crippen LogP contribution in [-0.4, -0.2) is 30.7 Å². The molecule has 0 atom stereocenters. The highest BCUT2D eigenvalue weighted by atomic mass is 32.2. The van der Waals surface area contributed by atoms with E-state index in [1.807, 2.05) is 54.6 Å². The number of hydrogen-bond acceptors (Lipinski definition) is 5. The molecule has 40 heavy (non-hydrogen) atoms. The molecule has 3 aromatic carbocycles. The molecule has 0 saturated carbocycles. The molecule has 0 unspecified atom stereocenters. The van der Waals surface area contributed by atoms with Gasteiger partial charge in [0.2, 0.25) is 15.9 Å². The number of carboxylic acids is 1. The van der Waals surface area contributed by atoms with Gasteiger partial charge in [-0.3, -0.25) is 4.72 Å². The lowest BCUT2D eigenvalue weighted by atomic mass is 9.84. The molecule has 1 heterocycles. The molecule has 0 fully saturated rings. The van der Waals surface area contributed by atoms with Crippen molar-refractivity contribution in [3.05, 3.63) is 113 Å². The molecule has 8 heteroatoms. The van der Waals surface area contributed by atoms with E-state index in [1.165, 1.54) is 12.1 Å². The molecule has 0 amide bonds. The summed E-state index contributed by atoms with van der Waals surface area (Å²) in [6.07, 6.45) is 6.29. The topological polar surface area (TPSA) is 106 Å². The number of hydrogen-bond donors (Lipinski definition) is 2. The van der Waals surface area contributed by atoms with Crippen molar-refractivity contribution in [3.8, 4) is 17.0 Å². The zero-order valence-electron chi connectivity index (χ0n) is 22.9. The van der Waals surface area contributed by atoms with Crippen LogP contribution >= 0.6 is 0 Å². The van der Waals surface area contributed by atoms with Crippen molar-refractivity contribution in [3.63, 3.8) is 0 Å². The summed E-state index contributed by atoms with van der Waals surface area (Å²) in [5, 5.41) is 9.76. The second-order valence-corrected chi connectivity index (χ2v) is 12.3. The number of sulfonamides is 1. The minimum atomic E-state index is -3.54. The monoisotopic (exact) mass is 556 g/mol. The lowest BCUT2D eigenvalue weighted by Crippen LogP contribution is -2.11. The van der Waals surface area contributed by atoms with Crippen molar-refractivity contribution >= 4 is 33.8 Å². The molecule has 206 valence electrons. The Balaban J connectivity index is 1.72. The van der Waals surface area contributed by atoms with Gasteiger partial charge in [-0.05, 0) is 63.6 Å². The Bertz CT molecular complexity index is 1660. The van der Waals surface area contributed by atoms with Crippen LogP contribution in [0.2, 0.25) is 0 Å².